The highest BCUT2D eigenvalue weighted by atomic mass is 16.4. The van der Waals surface area contributed by atoms with Crippen LogP contribution in [0.5, 0.6) is 0 Å². The summed E-state index contributed by atoms with van der Waals surface area (Å²) >= 11 is 0. The predicted molar refractivity (Wildman–Crippen MR) is 87.1 cm³/mol. The molecule has 0 unspecified atom stereocenters. The van der Waals surface area contributed by atoms with Gasteiger partial charge in [-0.3, -0.25) is 0 Å². The molecule has 0 atom stereocenters. The van der Waals surface area contributed by atoms with Crippen LogP contribution in [0.4, 0.5) is 0 Å². The van der Waals surface area contributed by atoms with E-state index in [9.17, 15) is 10.0 Å². The monoisotopic (exact) mass is 287 g/mol. The number of benzene rings is 3. The summed E-state index contributed by atoms with van der Waals surface area (Å²) in [6, 6.07) is -10.4. The lowest BCUT2D eigenvalue weighted by Gasteiger charge is -2.06. The van der Waals surface area contributed by atoms with Crippen molar-refractivity contribution in [2.24, 2.45) is 0 Å². The van der Waals surface area contributed by atoms with E-state index in [1.807, 2.05) is 0 Å². The van der Waals surface area contributed by atoms with Crippen LogP contribution < -0.4 is 5.46 Å². The largest absolute Gasteiger partial charge is 0.488 e. The van der Waals surface area contributed by atoms with Crippen molar-refractivity contribution in [3.63, 3.8) is 0 Å². The fourth-order valence-electron chi connectivity index (χ4n) is 1.51. The van der Waals surface area contributed by atoms with Crippen molar-refractivity contribution in [1.82, 2.24) is 0 Å². The Bertz CT molecular complexity index is 1290. The quantitative estimate of drug-likeness (QED) is 0.727. The second-order valence-corrected chi connectivity index (χ2v) is 3.91. The maximum absolute atomic E-state index is 9.41. The summed E-state index contributed by atoms with van der Waals surface area (Å²) in [5.41, 5.74) is -3.13. The third kappa shape index (κ3) is 3.05. The Labute approximate surface area is 142 Å². The average molecular weight is 287 g/mol. The van der Waals surface area contributed by atoms with Gasteiger partial charge in [-0.15, -0.1) is 0 Å². The highest BCUT2D eigenvalue weighted by Gasteiger charge is 2.10. The molecule has 3 aromatic rings. The smallest absolute Gasteiger partial charge is 0.423 e. The molecule has 0 bridgehead atoms. The van der Waals surface area contributed by atoms with E-state index < -0.39 is 113 Å². The van der Waals surface area contributed by atoms with Crippen molar-refractivity contribution in [1.29, 1.82) is 0 Å². The summed E-state index contributed by atoms with van der Waals surface area (Å²) in [6.07, 6.45) is 0. The Hall–Kier alpha value is -2.36. The van der Waals surface area contributed by atoms with Crippen LogP contribution >= 0.6 is 0 Å². The van der Waals surface area contributed by atoms with Gasteiger partial charge in [0.25, 0.3) is 0 Å². The molecule has 0 aliphatic rings. The van der Waals surface area contributed by atoms with E-state index >= 15 is 0 Å². The molecule has 3 aromatic carbocycles. The molecule has 0 radical (unpaired) electrons. The topological polar surface area (TPSA) is 40.5 Å². The van der Waals surface area contributed by atoms with Gasteiger partial charge in [0.2, 0.25) is 0 Å². The van der Waals surface area contributed by atoms with E-state index in [4.69, 9.17) is 17.8 Å². The highest BCUT2D eigenvalue weighted by Crippen LogP contribution is 2.24. The lowest BCUT2D eigenvalue weighted by atomic mass is 9.80. The van der Waals surface area contributed by atoms with E-state index in [2.05, 4.69) is 0 Å². The summed E-state index contributed by atoms with van der Waals surface area (Å²) in [6.45, 7) is 0. The predicted octanol–water partition coefficient (Wildman–Crippen LogP) is 2.70. The van der Waals surface area contributed by atoms with Crippen molar-refractivity contribution in [2.45, 2.75) is 0 Å². The first-order chi connectivity index (χ1) is 15.7. The van der Waals surface area contributed by atoms with Gasteiger partial charge in [0.1, 0.15) is 0 Å². The van der Waals surface area contributed by atoms with Gasteiger partial charge in [-0.1, -0.05) is 78.6 Å². The summed E-state index contributed by atoms with van der Waals surface area (Å²) < 4.78 is 105. The summed E-state index contributed by atoms with van der Waals surface area (Å²) in [7, 11) is -2.34. The maximum atomic E-state index is 9.41. The van der Waals surface area contributed by atoms with Crippen LogP contribution in [-0.4, -0.2) is 17.2 Å². The number of hydrogen-bond acceptors (Lipinski definition) is 2. The zero-order chi connectivity index (χ0) is 26.0. The minimum absolute atomic E-state index is 0.562. The lowest BCUT2D eigenvalue weighted by molar-refractivity contribution is 0.426. The Balaban J connectivity index is 2.49. The van der Waals surface area contributed by atoms with Crippen molar-refractivity contribution < 1.29 is 27.9 Å². The van der Waals surface area contributed by atoms with E-state index in [0.29, 0.717) is 0 Å². The lowest BCUT2D eigenvalue weighted by Crippen LogP contribution is -2.29. The SMILES string of the molecule is [2H]c1c([2H])c([2H])c(-c2c([2H])c([2H])c(-c3c([2H])c([2H])c(B(O)O)c([2H])c3[2H])c([2H])c2[2H])c([2H])c1[2H]. The van der Waals surface area contributed by atoms with Gasteiger partial charge in [0.05, 0.1) is 17.8 Å². The molecule has 102 valence electrons. The van der Waals surface area contributed by atoms with Crippen molar-refractivity contribution in [3.05, 3.63) is 78.6 Å². The van der Waals surface area contributed by atoms with Crippen LogP contribution in [0.25, 0.3) is 22.3 Å². The molecule has 0 amide bonds. The molecule has 0 heterocycles. The molecular weight excluding hydrogens is 259 g/mol. The maximum Gasteiger partial charge on any atom is 0.488 e. The average Bonchev–Trinajstić information content (AvgIpc) is 2.78. The molecule has 21 heavy (non-hydrogen) atoms. The van der Waals surface area contributed by atoms with Crippen LogP contribution in [0.15, 0.2) is 78.6 Å². The normalized spacial score (nSPS) is 19.0. The summed E-state index contributed by atoms with van der Waals surface area (Å²) in [5.74, 6) is 0. The molecule has 0 fully saturated rings. The van der Waals surface area contributed by atoms with Crippen molar-refractivity contribution >= 4 is 12.6 Å². The zero-order valence-corrected chi connectivity index (χ0v) is 10.5. The molecule has 0 spiro atoms. The van der Waals surface area contributed by atoms with Crippen LogP contribution in [0.1, 0.15) is 17.8 Å². The number of hydrogen-bond donors (Lipinski definition) is 2. The Morgan fingerprint density at radius 2 is 0.952 bits per heavy atom. The molecule has 0 aromatic heterocycles. The first-order valence-electron chi connectivity index (χ1n) is 12.3. The van der Waals surface area contributed by atoms with Gasteiger partial charge < -0.3 is 10.0 Å². The molecular formula is C18H15BO2. The first-order valence-corrected chi connectivity index (χ1v) is 5.81. The van der Waals surface area contributed by atoms with Crippen LogP contribution in [0, 0.1) is 0 Å². The molecule has 0 aliphatic heterocycles. The summed E-state index contributed by atoms with van der Waals surface area (Å²) in [4.78, 5) is 0. The molecule has 3 rings (SSSR count). The van der Waals surface area contributed by atoms with E-state index in [1.54, 1.807) is 0 Å². The standard InChI is InChI=1S/C18H15BO2/c20-19(21)18-12-10-17(11-13-18)16-8-6-15(7-9-16)14-4-2-1-3-5-14/h1-13,20-21H/i1D,2D,3D,4D,5D,6D,7D,8D,9D,10D,11D,12D,13D. The van der Waals surface area contributed by atoms with Gasteiger partial charge in [-0.2, -0.15) is 0 Å². The van der Waals surface area contributed by atoms with Crippen molar-refractivity contribution in [2.75, 3.05) is 0 Å². The van der Waals surface area contributed by atoms with Crippen LogP contribution in [-0.2, 0) is 0 Å². The zero-order valence-electron chi connectivity index (χ0n) is 23.5. The van der Waals surface area contributed by atoms with Gasteiger partial charge in [0, 0.05) is 0 Å². The molecule has 0 saturated heterocycles. The molecule has 0 aliphatic carbocycles. The van der Waals surface area contributed by atoms with Gasteiger partial charge in [-0.25, -0.2) is 0 Å². The third-order valence-corrected chi connectivity index (χ3v) is 2.53. The highest BCUT2D eigenvalue weighted by molar-refractivity contribution is 6.58. The Kier molecular flexibility index (Phi) is 1.45. The van der Waals surface area contributed by atoms with Crippen LogP contribution in [0.3, 0.4) is 0 Å². The van der Waals surface area contributed by atoms with E-state index in [0.717, 1.165) is 0 Å². The fourth-order valence-corrected chi connectivity index (χ4v) is 1.51. The summed E-state index contributed by atoms with van der Waals surface area (Å²) in [5, 5.41) is 18.8. The Morgan fingerprint density at radius 3 is 1.38 bits per heavy atom. The molecule has 3 heteroatoms. The minimum Gasteiger partial charge on any atom is -0.423 e. The van der Waals surface area contributed by atoms with E-state index in [-0.39, 0.29) is 0 Å². The van der Waals surface area contributed by atoms with Gasteiger partial charge >= 0.3 is 7.12 Å². The number of rotatable bonds is 3. The second-order valence-electron chi connectivity index (χ2n) is 3.91. The van der Waals surface area contributed by atoms with E-state index in [1.165, 1.54) is 0 Å². The minimum atomic E-state index is -2.34. The first kappa shape index (κ1) is 5.13. The Morgan fingerprint density at radius 1 is 0.571 bits per heavy atom. The molecule has 2 nitrogen and oxygen atoms in total. The molecule has 2 N–H and O–H groups in total. The fraction of sp³-hybridized carbons (Fsp3) is 0. The second kappa shape index (κ2) is 5.96. The third-order valence-electron chi connectivity index (χ3n) is 2.53. The van der Waals surface area contributed by atoms with Crippen molar-refractivity contribution in [3.8, 4) is 22.3 Å². The van der Waals surface area contributed by atoms with Crippen LogP contribution in [0.2, 0.25) is 0 Å². The van der Waals surface area contributed by atoms with Gasteiger partial charge in [0.15, 0.2) is 0 Å². The van der Waals surface area contributed by atoms with Gasteiger partial charge in [-0.05, 0) is 27.7 Å². The molecule has 0 saturated carbocycles.